The summed E-state index contributed by atoms with van der Waals surface area (Å²) in [4.78, 5) is 15.7. The topological polar surface area (TPSA) is 23.6 Å². The Bertz CT molecular complexity index is 176. The second-order valence-corrected chi connectivity index (χ2v) is 4.03. The summed E-state index contributed by atoms with van der Waals surface area (Å²) in [6.07, 6.45) is 0. The Morgan fingerprint density at radius 1 is 1.38 bits per heavy atom. The maximum Gasteiger partial charge on any atom is 0.240 e. The number of piperazine rings is 1. The number of halogens is 1. The predicted molar refractivity (Wildman–Crippen MR) is 54.0 cm³/mol. The summed E-state index contributed by atoms with van der Waals surface area (Å²) in [6, 6.07) is 0. The van der Waals surface area contributed by atoms with E-state index in [2.05, 4.69) is 11.8 Å². The lowest BCUT2D eigenvalue weighted by Gasteiger charge is -2.34. The lowest BCUT2D eigenvalue weighted by molar-refractivity contribution is -0.132. The zero-order valence-corrected chi connectivity index (χ0v) is 9.05. The van der Waals surface area contributed by atoms with E-state index in [4.69, 9.17) is 11.6 Å². The van der Waals surface area contributed by atoms with Gasteiger partial charge < -0.3 is 9.80 Å². The second kappa shape index (κ2) is 4.82. The molecule has 0 aromatic rings. The zero-order chi connectivity index (χ0) is 9.84. The van der Waals surface area contributed by atoms with Crippen molar-refractivity contribution in [3.8, 4) is 0 Å². The van der Waals surface area contributed by atoms with Crippen LogP contribution in [0.4, 0.5) is 0 Å². The predicted octanol–water partition coefficient (Wildman–Crippen LogP) is 0.778. The Labute approximate surface area is 84.6 Å². The highest BCUT2D eigenvalue weighted by Crippen LogP contribution is 2.06. The van der Waals surface area contributed by atoms with Crippen molar-refractivity contribution in [2.45, 2.75) is 19.2 Å². The van der Waals surface area contributed by atoms with E-state index in [9.17, 15) is 4.79 Å². The SMILES string of the molecule is CCN1CCN(C(=O)[C@H](C)Cl)CC1. The molecule has 0 aromatic heterocycles. The first-order chi connectivity index (χ1) is 6.15. The average Bonchev–Trinajstić information content (AvgIpc) is 2.17. The number of alkyl halides is 1. The second-order valence-electron chi connectivity index (χ2n) is 3.38. The van der Waals surface area contributed by atoms with Crippen molar-refractivity contribution < 1.29 is 4.79 Å². The van der Waals surface area contributed by atoms with Crippen LogP contribution in [0.1, 0.15) is 13.8 Å². The highest BCUT2D eigenvalue weighted by atomic mass is 35.5. The molecule has 1 aliphatic heterocycles. The molecular weight excluding hydrogens is 188 g/mol. The van der Waals surface area contributed by atoms with Gasteiger partial charge in [-0.05, 0) is 13.5 Å². The molecule has 76 valence electrons. The van der Waals surface area contributed by atoms with Crippen LogP contribution in [-0.4, -0.2) is 53.8 Å². The van der Waals surface area contributed by atoms with Gasteiger partial charge in [0.15, 0.2) is 0 Å². The first-order valence-electron chi connectivity index (χ1n) is 4.80. The minimum atomic E-state index is -0.381. The van der Waals surface area contributed by atoms with Gasteiger partial charge in [0.05, 0.1) is 0 Å². The third kappa shape index (κ3) is 2.85. The van der Waals surface area contributed by atoms with Gasteiger partial charge in [-0.3, -0.25) is 4.79 Å². The number of hydrogen-bond acceptors (Lipinski definition) is 2. The smallest absolute Gasteiger partial charge is 0.240 e. The van der Waals surface area contributed by atoms with Crippen molar-refractivity contribution in [3.05, 3.63) is 0 Å². The summed E-state index contributed by atoms with van der Waals surface area (Å²) in [7, 11) is 0. The summed E-state index contributed by atoms with van der Waals surface area (Å²) in [5.74, 6) is 0.0671. The van der Waals surface area contributed by atoms with Gasteiger partial charge in [-0.15, -0.1) is 11.6 Å². The molecule has 1 saturated heterocycles. The summed E-state index contributed by atoms with van der Waals surface area (Å²) in [5.41, 5.74) is 0. The van der Waals surface area contributed by atoms with Crippen LogP contribution in [0.5, 0.6) is 0 Å². The number of amides is 1. The molecule has 0 aromatic carbocycles. The average molecular weight is 205 g/mol. The van der Waals surface area contributed by atoms with Crippen LogP contribution in [-0.2, 0) is 4.79 Å². The van der Waals surface area contributed by atoms with Gasteiger partial charge in [0, 0.05) is 26.2 Å². The third-order valence-corrected chi connectivity index (χ3v) is 2.66. The molecule has 0 N–H and O–H groups in total. The number of carbonyl (C=O) groups is 1. The highest BCUT2D eigenvalue weighted by molar-refractivity contribution is 6.30. The molecule has 1 rings (SSSR count). The molecular formula is C9H17ClN2O. The molecule has 0 saturated carbocycles. The third-order valence-electron chi connectivity index (χ3n) is 2.47. The first kappa shape index (κ1) is 10.8. The van der Waals surface area contributed by atoms with Crippen LogP contribution in [0, 0.1) is 0 Å². The van der Waals surface area contributed by atoms with E-state index in [1.807, 2.05) is 4.90 Å². The van der Waals surface area contributed by atoms with E-state index >= 15 is 0 Å². The van der Waals surface area contributed by atoms with Crippen LogP contribution < -0.4 is 0 Å². The molecule has 0 radical (unpaired) electrons. The Balaban J connectivity index is 2.36. The minimum absolute atomic E-state index is 0.0671. The van der Waals surface area contributed by atoms with Crippen LogP contribution >= 0.6 is 11.6 Å². The van der Waals surface area contributed by atoms with E-state index in [0.717, 1.165) is 32.7 Å². The largest absolute Gasteiger partial charge is 0.339 e. The Kier molecular flexibility index (Phi) is 4.00. The fourth-order valence-corrected chi connectivity index (χ4v) is 1.67. The van der Waals surface area contributed by atoms with Crippen LogP contribution in [0.2, 0.25) is 0 Å². The monoisotopic (exact) mass is 204 g/mol. The lowest BCUT2D eigenvalue weighted by atomic mass is 10.3. The van der Waals surface area contributed by atoms with Crippen molar-refractivity contribution in [2.24, 2.45) is 0 Å². The molecule has 1 atom stereocenters. The molecule has 0 unspecified atom stereocenters. The Morgan fingerprint density at radius 2 is 1.92 bits per heavy atom. The van der Waals surface area contributed by atoms with Gasteiger partial charge in [-0.1, -0.05) is 6.92 Å². The summed E-state index contributed by atoms with van der Waals surface area (Å²) >= 11 is 5.73. The number of rotatable bonds is 2. The number of hydrogen-bond donors (Lipinski definition) is 0. The van der Waals surface area contributed by atoms with Gasteiger partial charge in [0.2, 0.25) is 5.91 Å². The number of carbonyl (C=O) groups excluding carboxylic acids is 1. The molecule has 3 nitrogen and oxygen atoms in total. The molecule has 0 spiro atoms. The first-order valence-corrected chi connectivity index (χ1v) is 5.24. The molecule has 13 heavy (non-hydrogen) atoms. The van der Waals surface area contributed by atoms with Crippen LogP contribution in [0.25, 0.3) is 0 Å². The molecule has 1 heterocycles. The maximum atomic E-state index is 11.5. The van der Waals surface area contributed by atoms with Gasteiger partial charge >= 0.3 is 0 Å². The summed E-state index contributed by atoms with van der Waals surface area (Å²) < 4.78 is 0. The van der Waals surface area contributed by atoms with Crippen molar-refractivity contribution in [1.82, 2.24) is 9.80 Å². The summed E-state index contributed by atoms with van der Waals surface area (Å²) in [5, 5.41) is -0.381. The minimum Gasteiger partial charge on any atom is -0.339 e. The number of nitrogens with zero attached hydrogens (tertiary/aromatic N) is 2. The number of likely N-dealkylation sites (N-methyl/N-ethyl adjacent to an activating group) is 1. The molecule has 1 amide bonds. The molecule has 0 bridgehead atoms. The van der Waals surface area contributed by atoms with Crippen LogP contribution in [0.15, 0.2) is 0 Å². The van der Waals surface area contributed by atoms with Gasteiger partial charge in [0.1, 0.15) is 5.38 Å². The highest BCUT2D eigenvalue weighted by Gasteiger charge is 2.22. The van der Waals surface area contributed by atoms with Crippen molar-refractivity contribution >= 4 is 17.5 Å². The molecule has 1 fully saturated rings. The van der Waals surface area contributed by atoms with Gasteiger partial charge in [-0.2, -0.15) is 0 Å². The fraction of sp³-hybridized carbons (Fsp3) is 0.889. The van der Waals surface area contributed by atoms with E-state index in [0.29, 0.717) is 0 Å². The van der Waals surface area contributed by atoms with E-state index in [1.165, 1.54) is 0 Å². The quantitative estimate of drug-likeness (QED) is 0.621. The van der Waals surface area contributed by atoms with Crippen LogP contribution in [0.3, 0.4) is 0 Å². The normalized spacial score (nSPS) is 21.6. The maximum absolute atomic E-state index is 11.5. The van der Waals surface area contributed by atoms with E-state index in [-0.39, 0.29) is 11.3 Å². The summed E-state index contributed by atoms with van der Waals surface area (Å²) in [6.45, 7) is 8.54. The molecule has 0 aliphatic carbocycles. The Hall–Kier alpha value is -0.280. The van der Waals surface area contributed by atoms with E-state index in [1.54, 1.807) is 6.92 Å². The van der Waals surface area contributed by atoms with Crippen molar-refractivity contribution in [1.29, 1.82) is 0 Å². The molecule has 1 aliphatic rings. The van der Waals surface area contributed by atoms with Gasteiger partial charge in [0.25, 0.3) is 0 Å². The zero-order valence-electron chi connectivity index (χ0n) is 8.29. The fourth-order valence-electron chi connectivity index (χ4n) is 1.54. The lowest BCUT2D eigenvalue weighted by Crippen LogP contribution is -2.50. The van der Waals surface area contributed by atoms with E-state index < -0.39 is 0 Å². The standard InChI is InChI=1S/C9H17ClN2O/c1-3-11-4-6-12(7-5-11)9(13)8(2)10/h8H,3-7H2,1-2H3/t8-/m0/s1. The molecule has 4 heteroatoms. The van der Waals surface area contributed by atoms with Crippen molar-refractivity contribution in [3.63, 3.8) is 0 Å². The van der Waals surface area contributed by atoms with Crippen molar-refractivity contribution in [2.75, 3.05) is 32.7 Å². The van der Waals surface area contributed by atoms with Gasteiger partial charge in [-0.25, -0.2) is 0 Å². The Morgan fingerprint density at radius 3 is 2.31 bits per heavy atom.